The fourth-order valence-corrected chi connectivity index (χ4v) is 1.95. The van der Waals surface area contributed by atoms with Crippen molar-refractivity contribution in [3.8, 4) is 11.1 Å². The van der Waals surface area contributed by atoms with E-state index in [1.54, 1.807) is 6.07 Å². The molecule has 0 unspecified atom stereocenters. The van der Waals surface area contributed by atoms with E-state index in [0.29, 0.717) is 6.54 Å². The zero-order valence-electron chi connectivity index (χ0n) is 12.2. The summed E-state index contributed by atoms with van der Waals surface area (Å²) >= 11 is 0. The van der Waals surface area contributed by atoms with Gasteiger partial charge in [-0.15, -0.1) is 0 Å². The zero-order chi connectivity index (χ0) is 15.9. The molecule has 2 N–H and O–H groups in total. The number of hydrogen-bond donors (Lipinski definition) is 2. The summed E-state index contributed by atoms with van der Waals surface area (Å²) < 4.78 is 13.2. The van der Waals surface area contributed by atoms with Gasteiger partial charge in [-0.05, 0) is 28.8 Å². The second kappa shape index (κ2) is 7.36. The van der Waals surface area contributed by atoms with Crippen LogP contribution in [0.1, 0.15) is 12.5 Å². The molecule has 0 saturated carbocycles. The number of halogens is 1. The summed E-state index contributed by atoms with van der Waals surface area (Å²) in [5, 5.41) is 5.14. The molecule has 2 rings (SSSR count). The molecule has 0 radical (unpaired) electrons. The summed E-state index contributed by atoms with van der Waals surface area (Å²) in [6, 6.07) is 13.9. The lowest BCUT2D eigenvalue weighted by Gasteiger charge is -2.07. The van der Waals surface area contributed by atoms with Gasteiger partial charge < -0.3 is 10.6 Å². The predicted octanol–water partition coefficient (Wildman–Crippen LogP) is 2.25. The lowest BCUT2D eigenvalue weighted by atomic mass is 10.0. The van der Waals surface area contributed by atoms with Crippen LogP contribution in [0.25, 0.3) is 11.1 Å². The molecule has 0 spiro atoms. The van der Waals surface area contributed by atoms with Crippen molar-refractivity contribution in [3.63, 3.8) is 0 Å². The first-order valence-electron chi connectivity index (χ1n) is 6.90. The van der Waals surface area contributed by atoms with Gasteiger partial charge in [-0.3, -0.25) is 9.59 Å². The minimum Gasteiger partial charge on any atom is -0.350 e. The minimum absolute atomic E-state index is 0.0310. The highest BCUT2D eigenvalue weighted by Crippen LogP contribution is 2.20. The standard InChI is InChI=1S/C17H17FN2O2/c1-12(21)19-11-17(22)20-10-13-5-7-14(8-6-13)15-3-2-4-16(18)9-15/h2-9H,10-11H2,1H3,(H,19,21)(H,20,22). The molecule has 0 fully saturated rings. The molecule has 0 aliphatic heterocycles. The zero-order valence-corrected chi connectivity index (χ0v) is 12.2. The van der Waals surface area contributed by atoms with Crippen LogP contribution in [0.4, 0.5) is 4.39 Å². The lowest BCUT2D eigenvalue weighted by molar-refractivity contribution is -0.125. The van der Waals surface area contributed by atoms with Gasteiger partial charge in [0.2, 0.25) is 11.8 Å². The average molecular weight is 300 g/mol. The second-order valence-corrected chi connectivity index (χ2v) is 4.89. The Morgan fingerprint density at radius 2 is 1.73 bits per heavy atom. The summed E-state index contributed by atoms with van der Waals surface area (Å²) in [5.74, 6) is -0.759. The molecule has 0 aromatic heterocycles. The molecule has 0 saturated heterocycles. The van der Waals surface area contributed by atoms with E-state index in [2.05, 4.69) is 10.6 Å². The van der Waals surface area contributed by atoms with E-state index in [-0.39, 0.29) is 24.2 Å². The Balaban J connectivity index is 1.92. The first-order valence-corrected chi connectivity index (χ1v) is 6.90. The van der Waals surface area contributed by atoms with Crippen LogP contribution in [0.2, 0.25) is 0 Å². The molecule has 114 valence electrons. The summed E-state index contributed by atoms with van der Waals surface area (Å²) in [6.07, 6.45) is 0. The van der Waals surface area contributed by atoms with E-state index in [1.807, 2.05) is 30.3 Å². The van der Waals surface area contributed by atoms with E-state index in [1.165, 1.54) is 19.1 Å². The highest BCUT2D eigenvalue weighted by atomic mass is 19.1. The number of amides is 2. The molecule has 5 heteroatoms. The molecule has 0 aliphatic carbocycles. The van der Waals surface area contributed by atoms with Crippen molar-refractivity contribution in [2.45, 2.75) is 13.5 Å². The molecule has 0 bridgehead atoms. The normalized spacial score (nSPS) is 10.1. The highest BCUT2D eigenvalue weighted by Gasteiger charge is 2.03. The number of carbonyl (C=O) groups is 2. The van der Waals surface area contributed by atoms with Gasteiger partial charge in [-0.25, -0.2) is 4.39 Å². The van der Waals surface area contributed by atoms with Gasteiger partial charge in [0.15, 0.2) is 0 Å². The van der Waals surface area contributed by atoms with E-state index in [9.17, 15) is 14.0 Å². The minimum atomic E-state index is -0.271. The lowest BCUT2D eigenvalue weighted by Crippen LogP contribution is -2.35. The van der Waals surface area contributed by atoms with Gasteiger partial charge in [0, 0.05) is 13.5 Å². The number of hydrogen-bond acceptors (Lipinski definition) is 2. The third-order valence-corrected chi connectivity index (χ3v) is 3.10. The van der Waals surface area contributed by atoms with Gasteiger partial charge in [0.1, 0.15) is 5.82 Å². The summed E-state index contributed by atoms with van der Waals surface area (Å²) in [7, 11) is 0. The summed E-state index contributed by atoms with van der Waals surface area (Å²) in [4.78, 5) is 22.2. The predicted molar refractivity (Wildman–Crippen MR) is 82.4 cm³/mol. The van der Waals surface area contributed by atoms with Gasteiger partial charge in [0.25, 0.3) is 0 Å². The highest BCUT2D eigenvalue weighted by molar-refractivity contribution is 5.83. The Morgan fingerprint density at radius 3 is 2.36 bits per heavy atom. The van der Waals surface area contributed by atoms with Crippen molar-refractivity contribution in [3.05, 3.63) is 59.9 Å². The summed E-state index contributed by atoms with van der Waals surface area (Å²) in [6.45, 7) is 1.71. The Kier molecular flexibility index (Phi) is 5.25. The van der Waals surface area contributed by atoms with Crippen LogP contribution in [0, 0.1) is 5.82 Å². The Morgan fingerprint density at radius 1 is 1.00 bits per heavy atom. The van der Waals surface area contributed by atoms with Crippen LogP contribution in [0.15, 0.2) is 48.5 Å². The largest absolute Gasteiger partial charge is 0.350 e. The van der Waals surface area contributed by atoms with E-state index >= 15 is 0 Å². The number of carbonyl (C=O) groups excluding carboxylic acids is 2. The van der Waals surface area contributed by atoms with Crippen molar-refractivity contribution >= 4 is 11.8 Å². The molecule has 22 heavy (non-hydrogen) atoms. The maximum absolute atomic E-state index is 13.2. The number of nitrogens with one attached hydrogen (secondary N) is 2. The Bertz CT molecular complexity index is 669. The van der Waals surface area contributed by atoms with Crippen molar-refractivity contribution in [2.24, 2.45) is 0 Å². The number of benzene rings is 2. The molecular weight excluding hydrogens is 283 g/mol. The third-order valence-electron chi connectivity index (χ3n) is 3.10. The SMILES string of the molecule is CC(=O)NCC(=O)NCc1ccc(-c2cccc(F)c2)cc1. The van der Waals surface area contributed by atoms with Gasteiger partial charge in [-0.1, -0.05) is 36.4 Å². The average Bonchev–Trinajstić information content (AvgIpc) is 2.51. The third kappa shape index (κ3) is 4.70. The fraction of sp³-hybridized carbons (Fsp3) is 0.176. The molecule has 2 aromatic carbocycles. The topological polar surface area (TPSA) is 58.2 Å². The van der Waals surface area contributed by atoms with E-state index in [0.717, 1.165) is 16.7 Å². The summed E-state index contributed by atoms with van der Waals surface area (Å²) in [5.41, 5.74) is 2.64. The Hall–Kier alpha value is -2.69. The molecule has 0 heterocycles. The maximum atomic E-state index is 13.2. The second-order valence-electron chi connectivity index (χ2n) is 4.89. The Labute approximate surface area is 128 Å². The van der Waals surface area contributed by atoms with E-state index in [4.69, 9.17) is 0 Å². The number of rotatable bonds is 5. The molecule has 4 nitrogen and oxygen atoms in total. The van der Waals surface area contributed by atoms with Gasteiger partial charge in [-0.2, -0.15) is 0 Å². The van der Waals surface area contributed by atoms with Gasteiger partial charge >= 0.3 is 0 Å². The van der Waals surface area contributed by atoms with Crippen LogP contribution >= 0.6 is 0 Å². The monoisotopic (exact) mass is 300 g/mol. The smallest absolute Gasteiger partial charge is 0.239 e. The molecule has 2 amide bonds. The van der Waals surface area contributed by atoms with Crippen molar-refractivity contribution in [1.82, 2.24) is 10.6 Å². The molecule has 2 aromatic rings. The fourth-order valence-electron chi connectivity index (χ4n) is 1.95. The molecular formula is C17H17FN2O2. The molecule has 0 aliphatic rings. The quantitative estimate of drug-likeness (QED) is 0.890. The van der Waals surface area contributed by atoms with Crippen LogP contribution < -0.4 is 10.6 Å². The van der Waals surface area contributed by atoms with Crippen LogP contribution in [0.3, 0.4) is 0 Å². The van der Waals surface area contributed by atoms with E-state index < -0.39 is 0 Å². The van der Waals surface area contributed by atoms with Crippen molar-refractivity contribution in [2.75, 3.05) is 6.54 Å². The molecule has 0 atom stereocenters. The van der Waals surface area contributed by atoms with Crippen LogP contribution in [0.5, 0.6) is 0 Å². The maximum Gasteiger partial charge on any atom is 0.239 e. The first-order chi connectivity index (χ1) is 10.5. The van der Waals surface area contributed by atoms with Crippen molar-refractivity contribution < 1.29 is 14.0 Å². The van der Waals surface area contributed by atoms with Crippen LogP contribution in [-0.2, 0) is 16.1 Å². The van der Waals surface area contributed by atoms with Crippen LogP contribution in [-0.4, -0.2) is 18.4 Å². The first kappa shape index (κ1) is 15.7. The van der Waals surface area contributed by atoms with Gasteiger partial charge in [0.05, 0.1) is 6.54 Å². The van der Waals surface area contributed by atoms with Crippen molar-refractivity contribution in [1.29, 1.82) is 0 Å².